The summed E-state index contributed by atoms with van der Waals surface area (Å²) in [7, 11) is 0. The quantitative estimate of drug-likeness (QED) is 0.886. The second kappa shape index (κ2) is 5.52. The highest BCUT2D eigenvalue weighted by Crippen LogP contribution is 2.24. The summed E-state index contributed by atoms with van der Waals surface area (Å²) in [6.45, 7) is 5.98. The molecule has 6 heteroatoms. The molecule has 2 fully saturated rings. The van der Waals surface area contributed by atoms with Crippen molar-refractivity contribution in [2.24, 2.45) is 0 Å². The molecule has 4 nitrogen and oxygen atoms in total. The molecule has 0 amide bonds. The molecule has 2 saturated heterocycles. The smallest absolute Gasteiger partial charge is 0.180 e. The van der Waals surface area contributed by atoms with Crippen LogP contribution in [0.5, 0.6) is 0 Å². The Morgan fingerprint density at radius 2 is 2.29 bits per heavy atom. The molecule has 0 aromatic carbocycles. The van der Waals surface area contributed by atoms with Crippen LogP contribution in [0.15, 0.2) is 6.20 Å². The van der Waals surface area contributed by atoms with Crippen molar-refractivity contribution >= 4 is 28.9 Å². The molecule has 0 radical (unpaired) electrons. The maximum atomic E-state index is 5.65. The fourth-order valence-electron chi connectivity index (χ4n) is 2.82. The topological polar surface area (TPSA) is 45.4 Å². The van der Waals surface area contributed by atoms with Gasteiger partial charge in [-0.2, -0.15) is 0 Å². The summed E-state index contributed by atoms with van der Waals surface area (Å²) in [6, 6.07) is 0.805. The van der Waals surface area contributed by atoms with E-state index in [0.29, 0.717) is 5.13 Å². The van der Waals surface area contributed by atoms with E-state index in [1.54, 1.807) is 11.3 Å². The molecule has 96 valence electrons. The molecule has 17 heavy (non-hydrogen) atoms. The third-order valence-corrected chi connectivity index (χ3v) is 4.43. The maximum Gasteiger partial charge on any atom is 0.180 e. The highest BCUT2D eigenvalue weighted by Gasteiger charge is 2.30. The number of piperazine rings is 1. The number of hydrogen-bond acceptors (Lipinski definition) is 5. The first-order valence-corrected chi connectivity index (χ1v) is 6.79. The fraction of sp³-hybridized carbons (Fsp3) is 0.727. The second-order valence-corrected chi connectivity index (χ2v) is 5.88. The third kappa shape index (κ3) is 2.91. The number of hydrogen-bond donors (Lipinski definition) is 1. The SMILES string of the molecule is Cl.Nc1ncc(CN2CCN3CCCC3C2)s1. The van der Waals surface area contributed by atoms with Gasteiger partial charge < -0.3 is 5.73 Å². The van der Waals surface area contributed by atoms with Crippen LogP contribution in [0.25, 0.3) is 0 Å². The predicted molar refractivity (Wildman–Crippen MR) is 73.6 cm³/mol. The molecule has 1 atom stereocenters. The minimum atomic E-state index is 0. The normalized spacial score (nSPS) is 25.5. The van der Waals surface area contributed by atoms with E-state index in [2.05, 4.69) is 14.8 Å². The van der Waals surface area contributed by atoms with Crippen LogP contribution in [0.3, 0.4) is 0 Å². The zero-order chi connectivity index (χ0) is 11.0. The first-order chi connectivity index (χ1) is 7.81. The van der Waals surface area contributed by atoms with Gasteiger partial charge in [0.15, 0.2) is 5.13 Å². The molecule has 3 heterocycles. The van der Waals surface area contributed by atoms with E-state index in [-0.39, 0.29) is 12.4 Å². The Labute approximate surface area is 112 Å². The van der Waals surface area contributed by atoms with Gasteiger partial charge in [-0.1, -0.05) is 0 Å². The second-order valence-electron chi connectivity index (χ2n) is 4.73. The number of nitrogens with two attached hydrogens (primary N) is 1. The zero-order valence-corrected chi connectivity index (χ0v) is 11.5. The summed E-state index contributed by atoms with van der Waals surface area (Å²) >= 11 is 1.62. The largest absolute Gasteiger partial charge is 0.375 e. The molecule has 1 aromatic heterocycles. The third-order valence-electron chi connectivity index (χ3n) is 3.62. The Bertz CT molecular complexity index is 370. The van der Waals surface area contributed by atoms with Gasteiger partial charge in [0.1, 0.15) is 0 Å². The van der Waals surface area contributed by atoms with Crippen molar-refractivity contribution in [1.82, 2.24) is 14.8 Å². The van der Waals surface area contributed by atoms with Gasteiger partial charge in [-0.05, 0) is 19.4 Å². The summed E-state index contributed by atoms with van der Waals surface area (Å²) in [6.07, 6.45) is 4.67. The van der Waals surface area contributed by atoms with Crippen molar-refractivity contribution in [3.63, 3.8) is 0 Å². The lowest BCUT2D eigenvalue weighted by Gasteiger charge is -2.37. The van der Waals surface area contributed by atoms with Gasteiger partial charge in [-0.3, -0.25) is 9.80 Å². The van der Waals surface area contributed by atoms with Gasteiger partial charge in [-0.15, -0.1) is 23.7 Å². The van der Waals surface area contributed by atoms with E-state index >= 15 is 0 Å². The van der Waals surface area contributed by atoms with Crippen LogP contribution in [0, 0.1) is 0 Å². The number of halogens is 1. The van der Waals surface area contributed by atoms with Gasteiger partial charge in [0, 0.05) is 43.3 Å². The molecule has 3 rings (SSSR count). The lowest BCUT2D eigenvalue weighted by Crippen LogP contribution is -2.49. The summed E-state index contributed by atoms with van der Waals surface area (Å²) in [5, 5.41) is 0.689. The Morgan fingerprint density at radius 1 is 1.41 bits per heavy atom. The molecular formula is C11H19ClN4S. The molecular weight excluding hydrogens is 256 g/mol. The average molecular weight is 275 g/mol. The molecule has 1 aromatic rings. The number of anilines is 1. The molecule has 0 bridgehead atoms. The summed E-state index contributed by atoms with van der Waals surface area (Å²) in [5.41, 5.74) is 5.65. The Hall–Kier alpha value is -0.360. The molecule has 2 N–H and O–H groups in total. The van der Waals surface area contributed by atoms with E-state index in [9.17, 15) is 0 Å². The Morgan fingerprint density at radius 3 is 3.06 bits per heavy atom. The van der Waals surface area contributed by atoms with Gasteiger partial charge in [0.05, 0.1) is 0 Å². The van der Waals surface area contributed by atoms with Crippen LogP contribution in [0.2, 0.25) is 0 Å². The van der Waals surface area contributed by atoms with E-state index in [0.717, 1.165) is 12.6 Å². The standard InChI is InChI=1S/C11H18N4S.ClH/c12-11-13-6-10(16-11)8-14-4-5-15-3-1-2-9(15)7-14;/h6,9H,1-5,7-8H2,(H2,12,13);1H. The van der Waals surface area contributed by atoms with E-state index in [1.807, 2.05) is 6.20 Å². The van der Waals surface area contributed by atoms with Crippen LogP contribution in [-0.4, -0.2) is 47.0 Å². The lowest BCUT2D eigenvalue weighted by atomic mass is 10.1. The van der Waals surface area contributed by atoms with E-state index < -0.39 is 0 Å². The van der Waals surface area contributed by atoms with E-state index in [4.69, 9.17) is 5.73 Å². The van der Waals surface area contributed by atoms with Crippen LogP contribution in [0.4, 0.5) is 5.13 Å². The van der Waals surface area contributed by atoms with Crippen LogP contribution in [0.1, 0.15) is 17.7 Å². The predicted octanol–water partition coefficient (Wildman–Crippen LogP) is 1.43. The highest BCUT2D eigenvalue weighted by molar-refractivity contribution is 7.15. The van der Waals surface area contributed by atoms with Crippen molar-refractivity contribution in [3.05, 3.63) is 11.1 Å². The van der Waals surface area contributed by atoms with Crippen LogP contribution >= 0.6 is 23.7 Å². The molecule has 2 aliphatic rings. The maximum absolute atomic E-state index is 5.65. The molecule has 0 aliphatic carbocycles. The first-order valence-electron chi connectivity index (χ1n) is 5.98. The number of nitrogen functional groups attached to an aromatic ring is 1. The molecule has 0 spiro atoms. The number of rotatable bonds is 2. The average Bonchev–Trinajstić information content (AvgIpc) is 2.87. The number of aromatic nitrogens is 1. The number of fused-ring (bicyclic) bond motifs is 1. The minimum Gasteiger partial charge on any atom is -0.375 e. The van der Waals surface area contributed by atoms with Crippen LogP contribution < -0.4 is 5.73 Å². The van der Waals surface area contributed by atoms with Crippen molar-refractivity contribution in [2.45, 2.75) is 25.4 Å². The summed E-state index contributed by atoms with van der Waals surface area (Å²) in [4.78, 5) is 10.6. The zero-order valence-electron chi connectivity index (χ0n) is 9.84. The minimum absolute atomic E-state index is 0. The van der Waals surface area contributed by atoms with Crippen molar-refractivity contribution in [3.8, 4) is 0 Å². The molecule has 2 aliphatic heterocycles. The number of thiazole rings is 1. The van der Waals surface area contributed by atoms with Gasteiger partial charge >= 0.3 is 0 Å². The fourth-order valence-corrected chi connectivity index (χ4v) is 3.54. The Balaban J connectivity index is 0.00000108. The first kappa shape index (κ1) is 13.1. The Kier molecular flexibility index (Phi) is 4.25. The number of nitrogens with zero attached hydrogens (tertiary/aromatic N) is 3. The van der Waals surface area contributed by atoms with Crippen LogP contribution in [-0.2, 0) is 6.54 Å². The molecule has 0 saturated carbocycles. The van der Waals surface area contributed by atoms with Gasteiger partial charge in [-0.25, -0.2) is 4.98 Å². The summed E-state index contributed by atoms with van der Waals surface area (Å²) < 4.78 is 0. The lowest BCUT2D eigenvalue weighted by molar-refractivity contribution is 0.100. The van der Waals surface area contributed by atoms with Crippen molar-refractivity contribution < 1.29 is 0 Å². The monoisotopic (exact) mass is 274 g/mol. The molecule has 1 unspecified atom stereocenters. The van der Waals surface area contributed by atoms with Crippen molar-refractivity contribution in [1.29, 1.82) is 0 Å². The van der Waals surface area contributed by atoms with E-state index in [1.165, 1.54) is 43.9 Å². The van der Waals surface area contributed by atoms with Gasteiger partial charge in [0.2, 0.25) is 0 Å². The highest BCUT2D eigenvalue weighted by atomic mass is 35.5. The van der Waals surface area contributed by atoms with Gasteiger partial charge in [0.25, 0.3) is 0 Å². The summed E-state index contributed by atoms with van der Waals surface area (Å²) in [5.74, 6) is 0. The van der Waals surface area contributed by atoms with Crippen molar-refractivity contribution in [2.75, 3.05) is 31.9 Å².